The third-order valence-corrected chi connectivity index (χ3v) is 6.89. The molecule has 5 nitrogen and oxygen atoms in total. The first-order chi connectivity index (χ1) is 13.6. The summed E-state index contributed by atoms with van der Waals surface area (Å²) < 4.78 is 1.74. The van der Waals surface area contributed by atoms with Crippen LogP contribution in [0.2, 0.25) is 0 Å². The molecular weight excluding hydrogens is 408 g/mol. The van der Waals surface area contributed by atoms with Crippen molar-refractivity contribution in [2.24, 2.45) is 0 Å². The lowest BCUT2D eigenvalue weighted by molar-refractivity contribution is -0.116. The molecule has 146 valence electrons. The molecule has 28 heavy (non-hydrogen) atoms. The van der Waals surface area contributed by atoms with Crippen molar-refractivity contribution in [1.82, 2.24) is 10.2 Å². The topological polar surface area (TPSA) is 58.1 Å². The maximum Gasteiger partial charge on any atom is 0.237 e. The van der Waals surface area contributed by atoms with Gasteiger partial charge in [0, 0.05) is 23.1 Å². The highest BCUT2D eigenvalue weighted by molar-refractivity contribution is 8.03. The SMILES string of the molecule is CSc1nnc(SCC(=O)N(c2ccc(Nc3ccccc3)cc2)C(C)C)s1. The maximum atomic E-state index is 12.9. The molecule has 1 aromatic heterocycles. The van der Waals surface area contributed by atoms with E-state index < -0.39 is 0 Å². The van der Waals surface area contributed by atoms with Crippen molar-refractivity contribution in [2.75, 3.05) is 22.2 Å². The number of aromatic nitrogens is 2. The van der Waals surface area contributed by atoms with Gasteiger partial charge in [-0.2, -0.15) is 0 Å². The van der Waals surface area contributed by atoms with E-state index >= 15 is 0 Å². The van der Waals surface area contributed by atoms with Gasteiger partial charge in [-0.3, -0.25) is 4.79 Å². The second-order valence-electron chi connectivity index (χ2n) is 6.22. The van der Waals surface area contributed by atoms with Gasteiger partial charge in [-0.25, -0.2) is 0 Å². The molecule has 0 radical (unpaired) electrons. The van der Waals surface area contributed by atoms with Crippen LogP contribution in [0, 0.1) is 0 Å². The van der Waals surface area contributed by atoms with Gasteiger partial charge >= 0.3 is 0 Å². The van der Waals surface area contributed by atoms with Crippen LogP contribution < -0.4 is 10.2 Å². The van der Waals surface area contributed by atoms with Crippen molar-refractivity contribution in [3.8, 4) is 0 Å². The number of anilines is 3. The lowest BCUT2D eigenvalue weighted by Gasteiger charge is -2.27. The number of carbonyl (C=O) groups excluding carboxylic acids is 1. The molecule has 0 aliphatic rings. The molecule has 0 spiro atoms. The fourth-order valence-electron chi connectivity index (χ4n) is 2.65. The first kappa shape index (κ1) is 20.7. The Bertz CT molecular complexity index is 897. The molecule has 1 heterocycles. The van der Waals surface area contributed by atoms with Crippen LogP contribution in [0.1, 0.15) is 13.8 Å². The second-order valence-corrected chi connectivity index (χ2v) is 9.48. The van der Waals surface area contributed by atoms with E-state index in [1.165, 1.54) is 23.1 Å². The Kier molecular flexibility index (Phi) is 7.36. The molecule has 0 saturated carbocycles. The number of para-hydroxylation sites is 1. The van der Waals surface area contributed by atoms with Crippen LogP contribution in [-0.2, 0) is 4.79 Å². The molecule has 0 unspecified atom stereocenters. The molecular formula is C20H22N4OS3. The molecule has 0 atom stereocenters. The molecule has 2 aromatic carbocycles. The first-order valence-corrected chi connectivity index (χ1v) is 11.8. The predicted molar refractivity (Wildman–Crippen MR) is 121 cm³/mol. The van der Waals surface area contributed by atoms with E-state index in [4.69, 9.17) is 0 Å². The average Bonchev–Trinajstić information content (AvgIpc) is 3.17. The monoisotopic (exact) mass is 430 g/mol. The normalized spacial score (nSPS) is 10.9. The number of carbonyl (C=O) groups is 1. The minimum atomic E-state index is 0.0599. The van der Waals surface area contributed by atoms with Crippen molar-refractivity contribution in [1.29, 1.82) is 0 Å². The number of thioether (sulfide) groups is 2. The number of rotatable bonds is 8. The van der Waals surface area contributed by atoms with Gasteiger partial charge in [-0.15, -0.1) is 10.2 Å². The van der Waals surface area contributed by atoms with E-state index in [1.54, 1.807) is 11.8 Å². The largest absolute Gasteiger partial charge is 0.356 e. The molecule has 3 aromatic rings. The van der Waals surface area contributed by atoms with E-state index in [0.29, 0.717) is 5.75 Å². The Morgan fingerprint density at radius 1 is 1.04 bits per heavy atom. The van der Waals surface area contributed by atoms with Crippen LogP contribution in [0.3, 0.4) is 0 Å². The summed E-state index contributed by atoms with van der Waals surface area (Å²) in [6, 6.07) is 18.0. The minimum absolute atomic E-state index is 0.0599. The van der Waals surface area contributed by atoms with E-state index in [0.717, 1.165) is 25.7 Å². The van der Waals surface area contributed by atoms with Crippen LogP contribution in [0.15, 0.2) is 63.3 Å². The fraction of sp³-hybridized carbons (Fsp3) is 0.250. The zero-order chi connectivity index (χ0) is 19.9. The van der Waals surface area contributed by atoms with Gasteiger partial charge in [0.05, 0.1) is 5.75 Å². The Labute approximate surface area is 178 Å². The first-order valence-electron chi connectivity index (χ1n) is 8.81. The zero-order valence-electron chi connectivity index (χ0n) is 16.0. The van der Waals surface area contributed by atoms with Gasteiger partial charge in [0.15, 0.2) is 8.68 Å². The van der Waals surface area contributed by atoms with Crippen molar-refractivity contribution in [2.45, 2.75) is 28.6 Å². The predicted octanol–water partition coefficient (Wildman–Crippen LogP) is 5.54. The molecule has 1 amide bonds. The number of amides is 1. The Balaban J connectivity index is 1.66. The number of nitrogens with one attached hydrogen (secondary N) is 1. The van der Waals surface area contributed by atoms with Crippen molar-refractivity contribution in [3.05, 3.63) is 54.6 Å². The molecule has 8 heteroatoms. The smallest absolute Gasteiger partial charge is 0.237 e. The number of hydrogen-bond donors (Lipinski definition) is 1. The quantitative estimate of drug-likeness (QED) is 0.474. The Morgan fingerprint density at radius 3 is 2.29 bits per heavy atom. The maximum absolute atomic E-state index is 12.9. The van der Waals surface area contributed by atoms with Gasteiger partial charge in [0.1, 0.15) is 0 Å². The van der Waals surface area contributed by atoms with E-state index in [9.17, 15) is 4.79 Å². The number of benzene rings is 2. The summed E-state index contributed by atoms with van der Waals surface area (Å²) >= 11 is 4.52. The van der Waals surface area contributed by atoms with Gasteiger partial charge in [0.25, 0.3) is 0 Å². The second kappa shape index (κ2) is 9.95. The molecule has 0 aliphatic heterocycles. The number of hydrogen-bond acceptors (Lipinski definition) is 7. The summed E-state index contributed by atoms with van der Waals surface area (Å²) in [4.78, 5) is 14.7. The van der Waals surface area contributed by atoms with Crippen LogP contribution in [0.25, 0.3) is 0 Å². The fourth-order valence-corrected chi connectivity index (χ4v) is 4.95. The summed E-state index contributed by atoms with van der Waals surface area (Å²) in [6.45, 7) is 4.05. The van der Waals surface area contributed by atoms with Crippen molar-refractivity contribution in [3.63, 3.8) is 0 Å². The zero-order valence-corrected chi connectivity index (χ0v) is 18.4. The highest BCUT2D eigenvalue weighted by Gasteiger charge is 2.20. The number of nitrogens with zero attached hydrogens (tertiary/aromatic N) is 3. The molecule has 0 aliphatic carbocycles. The summed E-state index contributed by atoms with van der Waals surface area (Å²) in [7, 11) is 0. The van der Waals surface area contributed by atoms with Crippen LogP contribution in [0.5, 0.6) is 0 Å². The van der Waals surface area contributed by atoms with Crippen LogP contribution in [-0.4, -0.2) is 34.2 Å². The highest BCUT2D eigenvalue weighted by Crippen LogP contribution is 2.29. The highest BCUT2D eigenvalue weighted by atomic mass is 32.2. The molecule has 1 N–H and O–H groups in total. The van der Waals surface area contributed by atoms with Crippen LogP contribution in [0.4, 0.5) is 17.1 Å². The molecule has 0 saturated heterocycles. The Morgan fingerprint density at radius 2 is 1.68 bits per heavy atom. The molecule has 0 fully saturated rings. The standard InChI is InChI=1S/C20H22N4OS3/c1-14(2)24(18(25)13-27-20-23-22-19(26-3)28-20)17-11-9-16(10-12-17)21-15-7-5-4-6-8-15/h4-12,14,21H,13H2,1-3H3. The van der Waals surface area contributed by atoms with Gasteiger partial charge in [0.2, 0.25) is 5.91 Å². The van der Waals surface area contributed by atoms with E-state index in [1.807, 2.05) is 79.6 Å². The van der Waals surface area contributed by atoms with Gasteiger partial charge in [-0.1, -0.05) is 53.1 Å². The summed E-state index contributed by atoms with van der Waals surface area (Å²) in [6.07, 6.45) is 1.97. The lowest BCUT2D eigenvalue weighted by atomic mass is 10.2. The van der Waals surface area contributed by atoms with Gasteiger partial charge in [-0.05, 0) is 56.5 Å². The lowest BCUT2D eigenvalue weighted by Crippen LogP contribution is -2.38. The minimum Gasteiger partial charge on any atom is -0.356 e. The van der Waals surface area contributed by atoms with E-state index in [-0.39, 0.29) is 11.9 Å². The van der Waals surface area contributed by atoms with E-state index in [2.05, 4.69) is 15.5 Å². The average molecular weight is 431 g/mol. The third-order valence-electron chi connectivity index (χ3n) is 3.87. The summed E-state index contributed by atoms with van der Waals surface area (Å²) in [5, 5.41) is 11.6. The van der Waals surface area contributed by atoms with Gasteiger partial charge < -0.3 is 10.2 Å². The summed E-state index contributed by atoms with van der Waals surface area (Å²) in [5.74, 6) is 0.398. The third kappa shape index (κ3) is 5.50. The Hall–Kier alpha value is -2.03. The molecule has 3 rings (SSSR count). The van der Waals surface area contributed by atoms with Crippen LogP contribution >= 0.6 is 34.9 Å². The van der Waals surface area contributed by atoms with Crippen molar-refractivity contribution >= 4 is 57.8 Å². The molecule has 0 bridgehead atoms. The summed E-state index contributed by atoms with van der Waals surface area (Å²) in [5.41, 5.74) is 2.91. The van der Waals surface area contributed by atoms with Crippen molar-refractivity contribution < 1.29 is 4.79 Å².